The van der Waals surface area contributed by atoms with Crippen molar-refractivity contribution in [3.8, 4) is 5.75 Å². The van der Waals surface area contributed by atoms with Gasteiger partial charge in [-0.1, -0.05) is 24.3 Å². The Hall–Kier alpha value is -3.48. The van der Waals surface area contributed by atoms with Gasteiger partial charge in [-0.25, -0.2) is 4.57 Å². The molecule has 4 nitrogen and oxygen atoms in total. The highest BCUT2D eigenvalue weighted by molar-refractivity contribution is 6.03. The molecule has 7 heteroatoms. The Morgan fingerprint density at radius 3 is 2.59 bits per heavy atom. The van der Waals surface area contributed by atoms with Crippen molar-refractivity contribution < 1.29 is 32.1 Å². The van der Waals surface area contributed by atoms with E-state index in [1.54, 1.807) is 0 Å². The third kappa shape index (κ3) is 5.35. The van der Waals surface area contributed by atoms with Crippen molar-refractivity contribution in [2.45, 2.75) is 39.4 Å². The summed E-state index contributed by atoms with van der Waals surface area (Å²) in [7, 11) is 0. The van der Waals surface area contributed by atoms with Crippen LogP contribution >= 0.6 is 0 Å². The molecule has 1 atom stereocenters. The summed E-state index contributed by atoms with van der Waals surface area (Å²) in [5.41, 5.74) is 4.84. The topological polar surface area (TPSA) is 47.2 Å². The highest BCUT2D eigenvalue weighted by Crippen LogP contribution is 2.33. The fraction of sp³-hybridized carbons (Fsp3) is 0.296. The van der Waals surface area contributed by atoms with Crippen LogP contribution in [0.15, 0.2) is 60.9 Å². The van der Waals surface area contributed by atoms with Gasteiger partial charge in [-0.3, -0.25) is 9.59 Å². The molecule has 34 heavy (non-hydrogen) atoms. The maximum atomic E-state index is 12.9. The van der Waals surface area contributed by atoms with E-state index in [2.05, 4.69) is 0 Å². The maximum absolute atomic E-state index is 12.9. The molecular weight excluding hydrogens is 443 g/mol. The van der Waals surface area contributed by atoms with E-state index in [0.717, 1.165) is 16.7 Å². The largest absolute Gasteiger partial charge is 0.484 e. The number of Topliss-reactive ketones (excluding diaryl/α,β-unsaturated/α-hetero) is 2. The maximum Gasteiger partial charge on any atom is 0.422 e. The van der Waals surface area contributed by atoms with Crippen LogP contribution in [0, 0.1) is 12.8 Å². The van der Waals surface area contributed by atoms with Crippen LogP contribution in [0.3, 0.4) is 0 Å². The number of pyridine rings is 1. The Labute approximate surface area is 196 Å². The van der Waals surface area contributed by atoms with Gasteiger partial charge >= 0.3 is 6.18 Å². The van der Waals surface area contributed by atoms with Crippen LogP contribution in [0.25, 0.3) is 0 Å². The van der Waals surface area contributed by atoms with E-state index < -0.39 is 12.8 Å². The molecule has 1 aliphatic carbocycles. The fourth-order valence-corrected chi connectivity index (χ4v) is 4.39. The number of carbonyl (C=O) groups is 2. The molecule has 3 aromatic rings. The van der Waals surface area contributed by atoms with E-state index in [1.165, 1.54) is 25.1 Å². The predicted octanol–water partition coefficient (Wildman–Crippen LogP) is 5.07. The van der Waals surface area contributed by atoms with Crippen LogP contribution in [0.2, 0.25) is 0 Å². The quantitative estimate of drug-likeness (QED) is 0.359. The monoisotopic (exact) mass is 468 g/mol. The molecule has 0 saturated carbocycles. The van der Waals surface area contributed by atoms with E-state index in [1.807, 2.05) is 54.2 Å². The van der Waals surface area contributed by atoms with Crippen molar-refractivity contribution in [2.75, 3.05) is 6.61 Å². The molecule has 176 valence electrons. The second-order valence-corrected chi connectivity index (χ2v) is 8.73. The summed E-state index contributed by atoms with van der Waals surface area (Å²) >= 11 is 0. The second kappa shape index (κ2) is 9.41. The number of fused-ring (bicyclic) bond motifs is 1. The Morgan fingerprint density at radius 2 is 1.88 bits per heavy atom. The van der Waals surface area contributed by atoms with Crippen LogP contribution in [-0.2, 0) is 19.4 Å². The van der Waals surface area contributed by atoms with Gasteiger partial charge in [0.15, 0.2) is 37.1 Å². The van der Waals surface area contributed by atoms with Gasteiger partial charge in [0.05, 0.1) is 5.56 Å². The zero-order valence-electron chi connectivity index (χ0n) is 19.0. The average Bonchev–Trinajstić information content (AvgIpc) is 3.09. The number of hydrogen-bond acceptors (Lipinski definition) is 3. The third-order valence-corrected chi connectivity index (χ3v) is 6.15. The van der Waals surface area contributed by atoms with Gasteiger partial charge in [0.1, 0.15) is 5.75 Å². The number of aryl methyl sites for hydroxylation is 1. The number of aromatic nitrogens is 1. The molecule has 0 N–H and O–H groups in total. The van der Waals surface area contributed by atoms with Crippen LogP contribution < -0.4 is 9.30 Å². The Kier molecular flexibility index (Phi) is 6.55. The molecule has 0 spiro atoms. The van der Waals surface area contributed by atoms with Crippen LogP contribution in [-0.4, -0.2) is 24.3 Å². The van der Waals surface area contributed by atoms with Gasteiger partial charge < -0.3 is 4.74 Å². The summed E-state index contributed by atoms with van der Waals surface area (Å²) in [5.74, 6) is -0.437. The van der Waals surface area contributed by atoms with Crippen molar-refractivity contribution in [2.24, 2.45) is 5.92 Å². The van der Waals surface area contributed by atoms with E-state index in [4.69, 9.17) is 4.74 Å². The van der Waals surface area contributed by atoms with Crippen molar-refractivity contribution in [3.63, 3.8) is 0 Å². The molecule has 4 rings (SSSR count). The molecule has 0 saturated heterocycles. The molecule has 2 aromatic carbocycles. The van der Waals surface area contributed by atoms with Gasteiger partial charge in [0.2, 0.25) is 0 Å². The Balaban J connectivity index is 1.51. The first-order valence-corrected chi connectivity index (χ1v) is 11.0. The number of halogens is 3. The van der Waals surface area contributed by atoms with Crippen LogP contribution in [0.1, 0.15) is 49.9 Å². The summed E-state index contributed by atoms with van der Waals surface area (Å²) in [6.07, 6.45) is 0.0761. The zero-order chi connectivity index (χ0) is 24.5. The highest BCUT2D eigenvalue weighted by Gasteiger charge is 2.33. The van der Waals surface area contributed by atoms with Crippen molar-refractivity contribution in [1.82, 2.24) is 0 Å². The normalized spacial score (nSPS) is 15.3. The first kappa shape index (κ1) is 23.7. The van der Waals surface area contributed by atoms with Crippen LogP contribution in [0.5, 0.6) is 5.75 Å². The number of alkyl halides is 3. The smallest absolute Gasteiger partial charge is 0.422 e. The van der Waals surface area contributed by atoms with E-state index in [-0.39, 0.29) is 23.2 Å². The molecule has 0 radical (unpaired) electrons. The number of hydrogen-bond donors (Lipinski definition) is 0. The Morgan fingerprint density at radius 1 is 1.12 bits per heavy atom. The molecule has 1 aliphatic rings. The summed E-state index contributed by atoms with van der Waals surface area (Å²) < 4.78 is 44.1. The minimum Gasteiger partial charge on any atom is -0.484 e. The van der Waals surface area contributed by atoms with Gasteiger partial charge in [-0.15, -0.1) is 0 Å². The van der Waals surface area contributed by atoms with Gasteiger partial charge in [0.25, 0.3) is 0 Å². The number of carbonyl (C=O) groups excluding carboxylic acids is 2. The van der Waals surface area contributed by atoms with Gasteiger partial charge in [-0.2, -0.15) is 13.2 Å². The molecule has 0 aliphatic heterocycles. The van der Waals surface area contributed by atoms with E-state index in [9.17, 15) is 22.8 Å². The van der Waals surface area contributed by atoms with Crippen molar-refractivity contribution in [1.29, 1.82) is 0 Å². The molecule has 0 fully saturated rings. The minimum absolute atomic E-state index is 0.0662. The van der Waals surface area contributed by atoms with Gasteiger partial charge in [-0.05, 0) is 61.6 Å². The van der Waals surface area contributed by atoms with Crippen molar-refractivity contribution in [3.05, 3.63) is 94.3 Å². The zero-order valence-corrected chi connectivity index (χ0v) is 19.0. The van der Waals surface area contributed by atoms with Crippen molar-refractivity contribution >= 4 is 11.6 Å². The lowest BCUT2D eigenvalue weighted by Gasteiger charge is -2.11. The number of nitrogens with zero attached hydrogens (tertiary/aromatic N) is 1. The molecule has 1 aromatic heterocycles. The number of ether oxygens (including phenoxy) is 1. The molecule has 0 amide bonds. The van der Waals surface area contributed by atoms with Gasteiger partial charge in [0, 0.05) is 23.1 Å². The highest BCUT2D eigenvalue weighted by atomic mass is 19.4. The first-order chi connectivity index (χ1) is 16.1. The lowest BCUT2D eigenvalue weighted by Crippen LogP contribution is -2.35. The van der Waals surface area contributed by atoms with E-state index >= 15 is 0 Å². The first-order valence-electron chi connectivity index (χ1n) is 11.0. The lowest BCUT2D eigenvalue weighted by molar-refractivity contribution is -0.688. The number of benzene rings is 2. The second-order valence-electron chi connectivity index (χ2n) is 8.73. The SMILES string of the molecule is CC(=O)c1c[n+](Cc2ccccc2C)ccc1CC1Cc2cc(OCC(F)(F)F)ccc2C1=O. The summed E-state index contributed by atoms with van der Waals surface area (Å²) in [4.78, 5) is 25.3. The predicted molar refractivity (Wildman–Crippen MR) is 120 cm³/mol. The standard InChI is InChI=1S/C27H25F3NO3/c1-17-5-3-4-6-20(17)14-31-10-9-19(25(15-31)18(2)32)11-22-12-21-13-23(34-16-27(28,29)30)7-8-24(21)26(22)33/h3-10,13,15,22H,11-12,14,16H2,1-2H3/q+1. The number of ketones is 2. The third-order valence-electron chi connectivity index (χ3n) is 6.15. The van der Waals surface area contributed by atoms with E-state index in [0.29, 0.717) is 36.1 Å². The average molecular weight is 468 g/mol. The molecular formula is C27H25F3NO3+. The molecule has 1 unspecified atom stereocenters. The molecule has 1 heterocycles. The minimum atomic E-state index is -4.43. The number of rotatable bonds is 7. The Bertz CT molecular complexity index is 1250. The summed E-state index contributed by atoms with van der Waals surface area (Å²) in [5, 5.41) is 0. The summed E-state index contributed by atoms with van der Waals surface area (Å²) in [6, 6.07) is 14.3. The van der Waals surface area contributed by atoms with Crippen LogP contribution in [0.4, 0.5) is 13.2 Å². The fourth-order valence-electron chi connectivity index (χ4n) is 4.39. The molecule has 0 bridgehead atoms. The summed E-state index contributed by atoms with van der Waals surface area (Å²) in [6.45, 7) is 2.80. The lowest BCUT2D eigenvalue weighted by atomic mass is 9.92.